The van der Waals surface area contributed by atoms with Crippen molar-refractivity contribution in [1.29, 1.82) is 0 Å². The number of aromatic nitrogens is 1. The number of nitrogens with zero attached hydrogens (tertiary/aromatic N) is 3. The van der Waals surface area contributed by atoms with Gasteiger partial charge >= 0.3 is 6.16 Å². The van der Waals surface area contributed by atoms with Gasteiger partial charge in [0.05, 0.1) is 22.8 Å². The summed E-state index contributed by atoms with van der Waals surface area (Å²) in [6.45, 7) is 7.64. The number of ether oxygens (including phenoxy) is 1. The predicted molar refractivity (Wildman–Crippen MR) is 109 cm³/mol. The van der Waals surface area contributed by atoms with Gasteiger partial charge in [-0.3, -0.25) is 9.69 Å². The number of carbonyl (C=O) groups is 1. The fourth-order valence-electron chi connectivity index (χ4n) is 4.23. The molecule has 4 rings (SSSR count). The lowest BCUT2D eigenvalue weighted by Gasteiger charge is -2.41. The first-order valence-corrected chi connectivity index (χ1v) is 10.2. The summed E-state index contributed by atoms with van der Waals surface area (Å²) in [6, 6.07) is 3.45. The molecule has 2 heterocycles. The maximum atomic E-state index is 15.0. The first kappa shape index (κ1) is 19.7. The van der Waals surface area contributed by atoms with Gasteiger partial charge in [0.2, 0.25) is 5.43 Å². The predicted octanol–water partition coefficient (Wildman–Crippen LogP) is 3.45. The summed E-state index contributed by atoms with van der Waals surface area (Å²) in [6.07, 6.45) is 2.84. The van der Waals surface area contributed by atoms with E-state index in [1.165, 1.54) is 12.3 Å². The van der Waals surface area contributed by atoms with Gasteiger partial charge in [-0.2, -0.15) is 0 Å². The minimum absolute atomic E-state index is 0.148. The minimum atomic E-state index is -1.56. The lowest BCUT2D eigenvalue weighted by atomic mass is 10.1. The zero-order valence-corrected chi connectivity index (χ0v) is 16.7. The van der Waals surface area contributed by atoms with Gasteiger partial charge in [0, 0.05) is 31.7 Å². The van der Waals surface area contributed by atoms with Crippen LogP contribution in [0.25, 0.3) is 10.9 Å². The number of halogens is 1. The SMILES string of the molecule is CCCN1CCN(c2cc3c(cc2F)c(=O)c(OC(=O)O)cn3C2CC2)CC1C. The Bertz CT molecular complexity index is 1000. The molecule has 0 radical (unpaired) electrons. The van der Waals surface area contributed by atoms with E-state index in [0.717, 1.165) is 45.4 Å². The Hall–Kier alpha value is -2.61. The quantitative estimate of drug-likeness (QED) is 0.771. The maximum Gasteiger partial charge on any atom is 0.511 e. The van der Waals surface area contributed by atoms with E-state index in [4.69, 9.17) is 5.11 Å². The zero-order chi connectivity index (χ0) is 20.7. The average molecular weight is 403 g/mol. The molecule has 2 fully saturated rings. The number of piperazine rings is 1. The number of fused-ring (bicyclic) bond motifs is 1. The lowest BCUT2D eigenvalue weighted by Crippen LogP contribution is -2.52. The van der Waals surface area contributed by atoms with Gasteiger partial charge in [-0.25, -0.2) is 9.18 Å². The van der Waals surface area contributed by atoms with Crippen molar-refractivity contribution < 1.29 is 19.0 Å². The van der Waals surface area contributed by atoms with Crippen LogP contribution in [0.2, 0.25) is 0 Å². The molecule has 156 valence electrons. The van der Waals surface area contributed by atoms with Crippen LogP contribution >= 0.6 is 0 Å². The van der Waals surface area contributed by atoms with E-state index in [2.05, 4.69) is 23.5 Å². The average Bonchev–Trinajstić information content (AvgIpc) is 3.50. The molecular weight excluding hydrogens is 377 g/mol. The number of hydrogen-bond acceptors (Lipinski definition) is 5. The minimum Gasteiger partial charge on any atom is -0.449 e. The summed E-state index contributed by atoms with van der Waals surface area (Å²) in [5.41, 5.74) is 0.502. The molecule has 2 aliphatic rings. The molecule has 1 aromatic carbocycles. The molecule has 0 amide bonds. The van der Waals surface area contributed by atoms with Gasteiger partial charge in [-0.1, -0.05) is 6.92 Å². The fraction of sp³-hybridized carbons (Fsp3) is 0.524. The van der Waals surface area contributed by atoms with Gasteiger partial charge in [0.25, 0.3) is 0 Å². The first-order chi connectivity index (χ1) is 13.9. The van der Waals surface area contributed by atoms with Crippen LogP contribution in [0.15, 0.2) is 23.1 Å². The highest BCUT2D eigenvalue weighted by molar-refractivity contribution is 5.85. The molecule has 7 nitrogen and oxygen atoms in total. The smallest absolute Gasteiger partial charge is 0.449 e. The molecule has 1 aliphatic heterocycles. The van der Waals surface area contributed by atoms with Crippen molar-refractivity contribution in [3.05, 3.63) is 34.4 Å². The molecule has 1 aliphatic carbocycles. The first-order valence-electron chi connectivity index (χ1n) is 10.2. The van der Waals surface area contributed by atoms with Crippen LogP contribution in [0.4, 0.5) is 14.9 Å². The van der Waals surface area contributed by atoms with Gasteiger partial charge in [-0.15, -0.1) is 0 Å². The van der Waals surface area contributed by atoms with Gasteiger partial charge in [-0.05, 0) is 44.9 Å². The molecule has 1 unspecified atom stereocenters. The van der Waals surface area contributed by atoms with E-state index in [9.17, 15) is 9.59 Å². The summed E-state index contributed by atoms with van der Waals surface area (Å²) in [5, 5.41) is 9.05. The molecular formula is C21H26FN3O4. The number of pyridine rings is 1. The third-order valence-electron chi connectivity index (χ3n) is 5.82. The van der Waals surface area contributed by atoms with Crippen LogP contribution in [-0.2, 0) is 0 Å². The Labute approximate surface area is 168 Å². The second kappa shape index (κ2) is 7.67. The molecule has 1 saturated heterocycles. The highest BCUT2D eigenvalue weighted by Crippen LogP contribution is 2.39. The molecule has 29 heavy (non-hydrogen) atoms. The molecule has 1 atom stereocenters. The van der Waals surface area contributed by atoms with Crippen molar-refractivity contribution in [2.75, 3.05) is 31.1 Å². The largest absolute Gasteiger partial charge is 0.511 e. The van der Waals surface area contributed by atoms with Crippen molar-refractivity contribution in [3.63, 3.8) is 0 Å². The lowest BCUT2D eigenvalue weighted by molar-refractivity contribution is 0.143. The Balaban J connectivity index is 1.76. The molecule has 0 bridgehead atoms. The summed E-state index contributed by atoms with van der Waals surface area (Å²) >= 11 is 0. The van der Waals surface area contributed by atoms with Crippen LogP contribution in [-0.4, -0.2) is 52.9 Å². The highest BCUT2D eigenvalue weighted by Gasteiger charge is 2.29. The number of carboxylic acid groups (broad SMARTS) is 1. The summed E-state index contributed by atoms with van der Waals surface area (Å²) in [7, 11) is 0. The fourth-order valence-corrected chi connectivity index (χ4v) is 4.23. The van der Waals surface area contributed by atoms with Crippen LogP contribution in [0.3, 0.4) is 0 Å². The van der Waals surface area contributed by atoms with Crippen molar-refractivity contribution in [3.8, 4) is 5.75 Å². The van der Waals surface area contributed by atoms with E-state index in [1.54, 1.807) is 6.07 Å². The standard InChI is InChI=1S/C21H26FN3O4/c1-3-6-23-7-8-24(11-13(23)2)18-10-17-15(9-16(18)22)20(26)19(29-21(27)28)12-25(17)14-4-5-14/h9-10,12-14H,3-8,11H2,1-2H3,(H,27,28). The second-order valence-corrected chi connectivity index (χ2v) is 7.98. The topological polar surface area (TPSA) is 75.0 Å². The van der Waals surface area contributed by atoms with Gasteiger partial charge < -0.3 is 19.3 Å². The highest BCUT2D eigenvalue weighted by atomic mass is 19.1. The van der Waals surface area contributed by atoms with Crippen LogP contribution in [0.1, 0.15) is 39.2 Å². The van der Waals surface area contributed by atoms with Gasteiger partial charge in [0.1, 0.15) is 5.82 Å². The Morgan fingerprint density at radius 2 is 2.07 bits per heavy atom. The Morgan fingerprint density at radius 1 is 1.31 bits per heavy atom. The Kier molecular flexibility index (Phi) is 5.21. The van der Waals surface area contributed by atoms with Crippen LogP contribution in [0.5, 0.6) is 5.75 Å². The molecule has 2 aromatic rings. The second-order valence-electron chi connectivity index (χ2n) is 7.98. The molecule has 1 N–H and O–H groups in total. The number of hydrogen-bond donors (Lipinski definition) is 1. The van der Waals surface area contributed by atoms with E-state index >= 15 is 4.39 Å². The summed E-state index contributed by atoms with van der Waals surface area (Å²) in [5.74, 6) is -0.758. The van der Waals surface area contributed by atoms with E-state index < -0.39 is 17.4 Å². The normalized spacial score (nSPS) is 20.2. The van der Waals surface area contributed by atoms with Crippen molar-refractivity contribution >= 4 is 22.7 Å². The van der Waals surface area contributed by atoms with Gasteiger partial charge in [0.15, 0.2) is 5.75 Å². The molecule has 1 aromatic heterocycles. The Morgan fingerprint density at radius 3 is 2.69 bits per heavy atom. The summed E-state index contributed by atoms with van der Waals surface area (Å²) < 4.78 is 21.5. The third kappa shape index (κ3) is 3.81. The monoisotopic (exact) mass is 403 g/mol. The van der Waals surface area contributed by atoms with Crippen LogP contribution < -0.4 is 15.1 Å². The molecule has 1 saturated carbocycles. The number of anilines is 1. The zero-order valence-electron chi connectivity index (χ0n) is 16.7. The number of rotatable bonds is 5. The van der Waals surface area contributed by atoms with Crippen molar-refractivity contribution in [2.45, 2.75) is 45.2 Å². The van der Waals surface area contributed by atoms with E-state index in [-0.39, 0.29) is 17.2 Å². The van der Waals surface area contributed by atoms with Crippen molar-refractivity contribution in [1.82, 2.24) is 9.47 Å². The maximum absolute atomic E-state index is 15.0. The van der Waals surface area contributed by atoms with Crippen LogP contribution in [0, 0.1) is 5.82 Å². The summed E-state index contributed by atoms with van der Waals surface area (Å²) in [4.78, 5) is 28.1. The van der Waals surface area contributed by atoms with Crippen molar-refractivity contribution in [2.24, 2.45) is 0 Å². The van der Waals surface area contributed by atoms with E-state index in [1.807, 2.05) is 9.47 Å². The number of benzene rings is 1. The molecule has 8 heteroatoms. The van der Waals surface area contributed by atoms with E-state index in [0.29, 0.717) is 17.2 Å². The third-order valence-corrected chi connectivity index (χ3v) is 5.82. The molecule has 0 spiro atoms.